The average molecular weight is 435 g/mol. The van der Waals surface area contributed by atoms with Crippen LogP contribution >= 0.6 is 0 Å². The molecule has 0 atom stereocenters. The molecule has 4 aromatic rings. The molecule has 0 aliphatic rings. The first-order valence-electron chi connectivity index (χ1n) is 10.2. The van der Waals surface area contributed by atoms with Gasteiger partial charge >= 0.3 is 0 Å². The second-order valence-corrected chi connectivity index (χ2v) is 7.42. The lowest BCUT2D eigenvalue weighted by atomic mass is 10.1. The van der Waals surface area contributed by atoms with Gasteiger partial charge in [0.25, 0.3) is 0 Å². The van der Waals surface area contributed by atoms with Gasteiger partial charge in [-0.1, -0.05) is 0 Å². The summed E-state index contributed by atoms with van der Waals surface area (Å²) in [6.07, 6.45) is 0.864. The lowest BCUT2D eigenvalue weighted by Crippen LogP contribution is -2.13. The minimum absolute atomic E-state index is 0.105. The number of amides is 1. The third kappa shape index (κ3) is 4.11. The quantitative estimate of drug-likeness (QED) is 0.475. The number of rotatable bonds is 7. The Labute approximate surface area is 185 Å². The highest BCUT2D eigenvalue weighted by molar-refractivity contribution is 5.91. The summed E-state index contributed by atoms with van der Waals surface area (Å²) in [4.78, 5) is 12.6. The van der Waals surface area contributed by atoms with Crippen molar-refractivity contribution < 1.29 is 14.3 Å². The standard InChI is InChI=1S/C22H25N7O3/c1-13-19(6-9-22(30)23-16-10-17(31-4)12-18(11-16)32-5)14(2)28(26-13)21-8-7-20-25-24-15(3)29(20)27-21/h7-8,10-12H,6,9H2,1-5H3,(H,23,30). The van der Waals surface area contributed by atoms with Crippen molar-refractivity contribution in [2.75, 3.05) is 19.5 Å². The third-order valence-corrected chi connectivity index (χ3v) is 5.30. The van der Waals surface area contributed by atoms with Crippen molar-refractivity contribution >= 4 is 17.2 Å². The van der Waals surface area contributed by atoms with E-state index in [4.69, 9.17) is 9.47 Å². The summed E-state index contributed by atoms with van der Waals surface area (Å²) in [5.74, 6) is 2.49. The van der Waals surface area contributed by atoms with E-state index < -0.39 is 0 Å². The molecule has 10 nitrogen and oxygen atoms in total. The third-order valence-electron chi connectivity index (χ3n) is 5.30. The van der Waals surface area contributed by atoms with Crippen molar-refractivity contribution in [1.29, 1.82) is 0 Å². The van der Waals surface area contributed by atoms with Crippen molar-refractivity contribution in [3.63, 3.8) is 0 Å². The number of anilines is 1. The topological polar surface area (TPSA) is 108 Å². The van der Waals surface area contributed by atoms with E-state index in [-0.39, 0.29) is 5.91 Å². The Morgan fingerprint density at radius 3 is 2.41 bits per heavy atom. The van der Waals surface area contributed by atoms with E-state index in [1.807, 2.05) is 32.9 Å². The molecule has 4 rings (SSSR count). The van der Waals surface area contributed by atoms with Crippen LogP contribution in [0, 0.1) is 20.8 Å². The molecule has 0 saturated carbocycles. The number of ether oxygens (including phenoxy) is 2. The smallest absolute Gasteiger partial charge is 0.224 e. The number of carbonyl (C=O) groups is 1. The van der Waals surface area contributed by atoms with Crippen LogP contribution in [0.5, 0.6) is 11.5 Å². The minimum Gasteiger partial charge on any atom is -0.497 e. The summed E-state index contributed by atoms with van der Waals surface area (Å²) < 4.78 is 14.0. The molecule has 0 radical (unpaired) electrons. The van der Waals surface area contributed by atoms with Gasteiger partial charge in [0.2, 0.25) is 5.91 Å². The fraction of sp³-hybridized carbons (Fsp3) is 0.318. The number of fused-ring (bicyclic) bond motifs is 1. The van der Waals surface area contributed by atoms with Crippen molar-refractivity contribution in [3.8, 4) is 17.3 Å². The monoisotopic (exact) mass is 435 g/mol. The van der Waals surface area contributed by atoms with E-state index in [1.165, 1.54) is 0 Å². The zero-order valence-electron chi connectivity index (χ0n) is 18.7. The highest BCUT2D eigenvalue weighted by atomic mass is 16.5. The number of nitrogens with zero attached hydrogens (tertiary/aromatic N) is 6. The summed E-state index contributed by atoms with van der Waals surface area (Å²) in [6, 6.07) is 8.97. The molecular formula is C22H25N7O3. The number of aromatic nitrogens is 6. The predicted molar refractivity (Wildman–Crippen MR) is 119 cm³/mol. The van der Waals surface area contributed by atoms with Gasteiger partial charge in [0.05, 0.1) is 19.9 Å². The zero-order valence-corrected chi connectivity index (χ0v) is 18.7. The van der Waals surface area contributed by atoms with Crippen molar-refractivity contribution in [3.05, 3.63) is 53.1 Å². The van der Waals surface area contributed by atoms with Gasteiger partial charge in [-0.2, -0.15) is 9.61 Å². The number of benzene rings is 1. The SMILES string of the molecule is COc1cc(NC(=O)CCc2c(C)nn(-c3ccc4nnc(C)n4n3)c2C)cc(OC)c1. The number of hydrogen-bond donors (Lipinski definition) is 1. The van der Waals surface area contributed by atoms with E-state index in [0.29, 0.717) is 47.3 Å². The second kappa shape index (κ2) is 8.66. The lowest BCUT2D eigenvalue weighted by Gasteiger charge is -2.10. The van der Waals surface area contributed by atoms with Gasteiger partial charge in [-0.15, -0.1) is 15.3 Å². The Bertz CT molecular complexity index is 1270. The summed E-state index contributed by atoms with van der Waals surface area (Å²) in [7, 11) is 3.14. The predicted octanol–water partition coefficient (Wildman–Crippen LogP) is 2.82. The van der Waals surface area contributed by atoms with Crippen LogP contribution in [0.4, 0.5) is 5.69 Å². The van der Waals surface area contributed by atoms with Crippen molar-refractivity contribution in [2.24, 2.45) is 0 Å². The second-order valence-electron chi connectivity index (χ2n) is 7.42. The molecule has 0 saturated heterocycles. The Kier molecular flexibility index (Phi) is 5.76. The van der Waals surface area contributed by atoms with Crippen LogP contribution in [-0.2, 0) is 11.2 Å². The van der Waals surface area contributed by atoms with Crippen LogP contribution in [0.3, 0.4) is 0 Å². The Morgan fingerprint density at radius 1 is 1.00 bits per heavy atom. The van der Waals surface area contributed by atoms with Gasteiger partial charge in [-0.05, 0) is 44.9 Å². The fourth-order valence-electron chi connectivity index (χ4n) is 3.60. The molecular weight excluding hydrogens is 410 g/mol. The summed E-state index contributed by atoms with van der Waals surface area (Å²) in [5.41, 5.74) is 4.12. The summed E-state index contributed by atoms with van der Waals surface area (Å²) in [5, 5.41) is 20.2. The lowest BCUT2D eigenvalue weighted by molar-refractivity contribution is -0.116. The highest BCUT2D eigenvalue weighted by Gasteiger charge is 2.16. The number of aryl methyl sites for hydroxylation is 2. The van der Waals surface area contributed by atoms with Crippen LogP contribution in [0.1, 0.15) is 29.2 Å². The number of methoxy groups -OCH3 is 2. The molecule has 0 aliphatic heterocycles. The molecule has 3 heterocycles. The summed E-state index contributed by atoms with van der Waals surface area (Å²) in [6.45, 7) is 5.76. The molecule has 0 aliphatic carbocycles. The van der Waals surface area contributed by atoms with E-state index in [9.17, 15) is 4.79 Å². The van der Waals surface area contributed by atoms with Gasteiger partial charge < -0.3 is 14.8 Å². The van der Waals surface area contributed by atoms with Crippen LogP contribution < -0.4 is 14.8 Å². The highest BCUT2D eigenvalue weighted by Crippen LogP contribution is 2.26. The maximum absolute atomic E-state index is 12.6. The number of hydrogen-bond acceptors (Lipinski definition) is 7. The van der Waals surface area contributed by atoms with Gasteiger partial charge in [0.1, 0.15) is 11.5 Å². The number of carbonyl (C=O) groups excluding carboxylic acids is 1. The average Bonchev–Trinajstić information content (AvgIpc) is 3.30. The molecule has 0 bridgehead atoms. The molecule has 0 spiro atoms. The van der Waals surface area contributed by atoms with Crippen LogP contribution in [0.25, 0.3) is 11.5 Å². The molecule has 0 unspecified atom stereocenters. The number of nitrogens with one attached hydrogen (secondary N) is 1. The van der Waals surface area contributed by atoms with Crippen molar-refractivity contribution in [1.82, 2.24) is 29.6 Å². The summed E-state index contributed by atoms with van der Waals surface area (Å²) >= 11 is 0. The molecule has 32 heavy (non-hydrogen) atoms. The van der Waals surface area contributed by atoms with E-state index in [0.717, 1.165) is 17.0 Å². The molecule has 1 amide bonds. The van der Waals surface area contributed by atoms with E-state index >= 15 is 0 Å². The van der Waals surface area contributed by atoms with Gasteiger partial charge in [-0.3, -0.25) is 4.79 Å². The van der Waals surface area contributed by atoms with Crippen molar-refractivity contribution in [2.45, 2.75) is 33.6 Å². The van der Waals surface area contributed by atoms with Crippen LogP contribution in [-0.4, -0.2) is 49.7 Å². The first-order valence-corrected chi connectivity index (χ1v) is 10.2. The van der Waals surface area contributed by atoms with Gasteiger partial charge in [0, 0.05) is 36.0 Å². The van der Waals surface area contributed by atoms with Crippen LogP contribution in [0.2, 0.25) is 0 Å². The largest absolute Gasteiger partial charge is 0.497 e. The molecule has 1 N–H and O–H groups in total. The van der Waals surface area contributed by atoms with E-state index in [1.54, 1.807) is 41.6 Å². The molecule has 166 valence electrons. The molecule has 3 aromatic heterocycles. The van der Waals surface area contributed by atoms with Crippen LogP contribution in [0.15, 0.2) is 30.3 Å². The first kappa shape index (κ1) is 21.3. The molecule has 10 heteroatoms. The molecule has 0 fully saturated rings. The normalized spacial score (nSPS) is 11.0. The van der Waals surface area contributed by atoms with Gasteiger partial charge in [0.15, 0.2) is 17.3 Å². The maximum Gasteiger partial charge on any atom is 0.224 e. The Balaban J connectivity index is 1.50. The first-order chi connectivity index (χ1) is 15.4. The fourth-order valence-corrected chi connectivity index (χ4v) is 3.60. The Morgan fingerprint density at radius 2 is 1.72 bits per heavy atom. The Hall–Kier alpha value is -3.95. The van der Waals surface area contributed by atoms with Gasteiger partial charge in [-0.25, -0.2) is 4.68 Å². The van der Waals surface area contributed by atoms with E-state index in [2.05, 4.69) is 25.7 Å². The minimum atomic E-state index is -0.105. The molecule has 1 aromatic carbocycles. The maximum atomic E-state index is 12.6. The zero-order chi connectivity index (χ0) is 22.8.